The minimum absolute atomic E-state index is 0.00102. The standard InChI is InChI=1S/C39H64O14/c1-18(15-40)7-12-39(48)19(2)28-25(53-39)14-24-22-6-5-20-13-21(8-10-37(20,3)23(22)9-11-38(24,28)4)49-35-33(47)31(45)34(27(17-42)51-35)52-36-32(46)30(44)29(43)26(16-41)50-36/h5,18-19,21-36,40-48H,6-17H2,1-4H3/t18?,19-,21-,22+,23-,24-,25-,26+,27+,28-,29+,30-,31+,32+,33+,34+,35+,36-,37-,38-,39?/m0/s1. The molecule has 0 aromatic rings. The van der Waals surface area contributed by atoms with E-state index in [1.165, 1.54) is 5.57 Å². The van der Waals surface area contributed by atoms with Crippen molar-refractivity contribution in [1.29, 1.82) is 0 Å². The van der Waals surface area contributed by atoms with Crippen LogP contribution in [0.3, 0.4) is 0 Å². The molecule has 0 aromatic heterocycles. The normalized spacial score (nSPS) is 54.4. The summed E-state index contributed by atoms with van der Waals surface area (Å²) in [6, 6.07) is 0. The fourth-order valence-corrected chi connectivity index (χ4v) is 12.1. The Bertz CT molecular complexity index is 1310. The van der Waals surface area contributed by atoms with Crippen LogP contribution in [-0.4, -0.2) is 145 Å². The number of aliphatic hydroxyl groups is 9. The molecule has 3 aliphatic heterocycles. The van der Waals surface area contributed by atoms with Crippen LogP contribution in [0.2, 0.25) is 0 Å². The van der Waals surface area contributed by atoms with Crippen molar-refractivity contribution >= 4 is 0 Å². The monoisotopic (exact) mass is 756 g/mol. The van der Waals surface area contributed by atoms with E-state index in [1.807, 2.05) is 6.92 Å². The number of allylic oxidation sites excluding steroid dienone is 1. The zero-order valence-corrected chi connectivity index (χ0v) is 31.5. The Balaban J connectivity index is 0.986. The third kappa shape index (κ3) is 6.77. The molecule has 14 nitrogen and oxygen atoms in total. The molecule has 0 aromatic carbocycles. The molecule has 0 amide bonds. The average Bonchev–Trinajstić information content (AvgIpc) is 3.58. The van der Waals surface area contributed by atoms with Crippen molar-refractivity contribution < 1.29 is 69.6 Å². The van der Waals surface area contributed by atoms with Gasteiger partial charge in [-0.1, -0.05) is 39.3 Å². The van der Waals surface area contributed by atoms with Gasteiger partial charge in [0.15, 0.2) is 18.4 Å². The summed E-state index contributed by atoms with van der Waals surface area (Å²) in [6.07, 6.45) is -5.01. The van der Waals surface area contributed by atoms with Gasteiger partial charge in [0.1, 0.15) is 48.8 Å². The van der Waals surface area contributed by atoms with Crippen LogP contribution in [0.15, 0.2) is 11.6 Å². The van der Waals surface area contributed by atoms with E-state index in [9.17, 15) is 46.0 Å². The summed E-state index contributed by atoms with van der Waals surface area (Å²) in [5.41, 5.74) is 1.43. The summed E-state index contributed by atoms with van der Waals surface area (Å²) in [5.74, 6) is 0.846. The zero-order valence-electron chi connectivity index (χ0n) is 31.5. The Morgan fingerprint density at radius 3 is 2.23 bits per heavy atom. The largest absolute Gasteiger partial charge is 0.396 e. The molecule has 0 bridgehead atoms. The third-order valence-electron chi connectivity index (χ3n) is 15.3. The minimum atomic E-state index is -1.73. The van der Waals surface area contributed by atoms with Crippen LogP contribution < -0.4 is 0 Å². The second-order valence-corrected chi connectivity index (χ2v) is 18.2. The van der Waals surface area contributed by atoms with Crippen molar-refractivity contribution in [3.8, 4) is 0 Å². The molecule has 3 heterocycles. The molecule has 14 heteroatoms. The van der Waals surface area contributed by atoms with Crippen molar-refractivity contribution in [3.05, 3.63) is 11.6 Å². The minimum Gasteiger partial charge on any atom is -0.396 e. The lowest BCUT2D eigenvalue weighted by Gasteiger charge is -2.58. The molecule has 2 unspecified atom stereocenters. The van der Waals surface area contributed by atoms with Gasteiger partial charge in [0.25, 0.3) is 0 Å². The molecule has 3 saturated heterocycles. The highest BCUT2D eigenvalue weighted by Gasteiger charge is 2.68. The average molecular weight is 757 g/mol. The summed E-state index contributed by atoms with van der Waals surface area (Å²) in [5, 5.41) is 93.9. The number of ether oxygens (including phenoxy) is 5. The van der Waals surface area contributed by atoms with Gasteiger partial charge < -0.3 is 69.6 Å². The van der Waals surface area contributed by atoms with E-state index in [0.29, 0.717) is 36.5 Å². The molecule has 3 saturated carbocycles. The van der Waals surface area contributed by atoms with Crippen LogP contribution in [0.5, 0.6) is 0 Å². The van der Waals surface area contributed by atoms with Crippen LogP contribution in [0.4, 0.5) is 0 Å². The van der Waals surface area contributed by atoms with Crippen LogP contribution in [0.1, 0.15) is 85.5 Å². The summed E-state index contributed by atoms with van der Waals surface area (Å²) < 4.78 is 30.0. The first-order chi connectivity index (χ1) is 25.1. The molecule has 53 heavy (non-hydrogen) atoms. The molecule has 21 atom stereocenters. The Hall–Kier alpha value is -0.820. The van der Waals surface area contributed by atoms with E-state index in [-0.39, 0.29) is 41.5 Å². The van der Waals surface area contributed by atoms with Gasteiger partial charge in [-0.25, -0.2) is 0 Å². The van der Waals surface area contributed by atoms with Crippen molar-refractivity contribution in [3.63, 3.8) is 0 Å². The predicted octanol–water partition coefficient (Wildman–Crippen LogP) is 0.317. The first-order valence-corrected chi connectivity index (χ1v) is 20.0. The summed E-state index contributed by atoms with van der Waals surface area (Å²) >= 11 is 0. The van der Waals surface area contributed by atoms with Crippen LogP contribution in [0.25, 0.3) is 0 Å². The first kappa shape index (κ1) is 40.4. The van der Waals surface area contributed by atoms with Gasteiger partial charge in [-0.3, -0.25) is 0 Å². The maximum absolute atomic E-state index is 11.6. The summed E-state index contributed by atoms with van der Waals surface area (Å²) in [6.45, 7) is 7.83. The lowest BCUT2D eigenvalue weighted by atomic mass is 9.47. The van der Waals surface area contributed by atoms with Crippen molar-refractivity contribution in [1.82, 2.24) is 0 Å². The Kier molecular flexibility index (Phi) is 11.6. The lowest BCUT2D eigenvalue weighted by Crippen LogP contribution is -2.65. The van der Waals surface area contributed by atoms with Crippen molar-refractivity contribution in [2.24, 2.45) is 46.3 Å². The van der Waals surface area contributed by atoms with E-state index in [1.54, 1.807) is 0 Å². The molecule has 9 N–H and O–H groups in total. The fourth-order valence-electron chi connectivity index (χ4n) is 12.1. The van der Waals surface area contributed by atoms with E-state index in [0.717, 1.165) is 44.9 Å². The van der Waals surface area contributed by atoms with Crippen molar-refractivity contribution in [2.75, 3.05) is 19.8 Å². The number of fused-ring (bicyclic) bond motifs is 7. The topological polar surface area (TPSA) is 228 Å². The quantitative estimate of drug-likeness (QED) is 0.137. The maximum Gasteiger partial charge on any atom is 0.187 e. The molecular formula is C39H64O14. The molecular weight excluding hydrogens is 692 g/mol. The van der Waals surface area contributed by atoms with E-state index < -0.39 is 80.4 Å². The molecule has 7 rings (SSSR count). The van der Waals surface area contributed by atoms with Gasteiger partial charge >= 0.3 is 0 Å². The number of hydrogen-bond donors (Lipinski definition) is 9. The molecule has 0 radical (unpaired) electrons. The summed E-state index contributed by atoms with van der Waals surface area (Å²) in [4.78, 5) is 0. The number of hydrogen-bond acceptors (Lipinski definition) is 14. The molecule has 6 fully saturated rings. The van der Waals surface area contributed by atoms with Gasteiger partial charge in [0.05, 0.1) is 25.4 Å². The molecule has 4 aliphatic carbocycles. The van der Waals surface area contributed by atoms with E-state index in [2.05, 4.69) is 26.8 Å². The van der Waals surface area contributed by atoms with Gasteiger partial charge in [-0.2, -0.15) is 0 Å². The Labute approximate surface area is 312 Å². The highest BCUT2D eigenvalue weighted by atomic mass is 16.7. The second kappa shape index (κ2) is 15.2. The van der Waals surface area contributed by atoms with Crippen molar-refractivity contribution in [2.45, 2.75) is 165 Å². The van der Waals surface area contributed by atoms with E-state index in [4.69, 9.17) is 23.7 Å². The first-order valence-electron chi connectivity index (χ1n) is 20.0. The van der Waals surface area contributed by atoms with E-state index >= 15 is 0 Å². The fraction of sp³-hybridized carbons (Fsp3) is 0.949. The van der Waals surface area contributed by atoms with Gasteiger partial charge in [-0.15, -0.1) is 0 Å². The molecule has 304 valence electrons. The van der Waals surface area contributed by atoms with Gasteiger partial charge in [0.2, 0.25) is 0 Å². The SMILES string of the molecule is CC(CO)CCC1(O)O[C@H]2C[C@H]3[C@@H]4CC=C5C[C@@H](O[C@@H]6O[C@H](CO)[C@@H](O[C@@H]7O[C@H](CO)[C@@H](O)[C@H](O)[C@H]7O)[C@H](O)[C@H]6O)CC[C@]5(C)[C@H]4CC[C@]3(C)[C@H]2[C@@H]1C. The second-order valence-electron chi connectivity index (χ2n) is 18.2. The number of rotatable bonds is 10. The number of aliphatic hydroxyl groups excluding tert-OH is 8. The Morgan fingerprint density at radius 2 is 1.53 bits per heavy atom. The zero-order chi connectivity index (χ0) is 38.2. The van der Waals surface area contributed by atoms with Crippen LogP contribution >= 0.6 is 0 Å². The van der Waals surface area contributed by atoms with Gasteiger partial charge in [0, 0.05) is 18.9 Å². The lowest BCUT2D eigenvalue weighted by molar-refractivity contribution is -0.363. The summed E-state index contributed by atoms with van der Waals surface area (Å²) in [7, 11) is 0. The van der Waals surface area contributed by atoms with Gasteiger partial charge in [-0.05, 0) is 91.8 Å². The Morgan fingerprint density at radius 1 is 0.849 bits per heavy atom. The third-order valence-corrected chi connectivity index (χ3v) is 15.3. The van der Waals surface area contributed by atoms with Crippen LogP contribution in [0, 0.1) is 46.3 Å². The van der Waals surface area contributed by atoms with Crippen LogP contribution in [-0.2, 0) is 23.7 Å². The highest BCUT2D eigenvalue weighted by Crippen LogP contribution is 2.70. The predicted molar refractivity (Wildman–Crippen MR) is 186 cm³/mol. The highest BCUT2D eigenvalue weighted by molar-refractivity contribution is 5.26. The smallest absolute Gasteiger partial charge is 0.187 e. The molecule has 7 aliphatic rings. The molecule has 0 spiro atoms. The maximum atomic E-state index is 11.6.